The Morgan fingerprint density at radius 3 is 2.76 bits per heavy atom. The molecular formula is C24H28FN7O2. The second-order valence-corrected chi connectivity index (χ2v) is 8.97. The van der Waals surface area contributed by atoms with Gasteiger partial charge in [-0.3, -0.25) is 14.5 Å². The summed E-state index contributed by atoms with van der Waals surface area (Å²) in [7, 11) is 0. The number of carbonyl (C=O) groups is 1. The van der Waals surface area contributed by atoms with E-state index in [0.29, 0.717) is 12.4 Å². The van der Waals surface area contributed by atoms with Crippen molar-refractivity contribution in [1.29, 1.82) is 0 Å². The quantitative estimate of drug-likeness (QED) is 0.582. The molecule has 0 radical (unpaired) electrons. The summed E-state index contributed by atoms with van der Waals surface area (Å²) < 4.78 is 20.3. The first-order valence-electron chi connectivity index (χ1n) is 11.6. The number of fused-ring (bicyclic) bond motifs is 3. The highest BCUT2D eigenvalue weighted by Crippen LogP contribution is 2.33. The number of alkyl halides is 1. The summed E-state index contributed by atoms with van der Waals surface area (Å²) in [6.45, 7) is 5.16. The minimum Gasteiger partial charge on any atom is -0.444 e. The molecule has 1 atom stereocenters. The van der Waals surface area contributed by atoms with Gasteiger partial charge in [-0.1, -0.05) is 17.7 Å². The molecule has 0 bridgehead atoms. The van der Waals surface area contributed by atoms with Crippen molar-refractivity contribution in [2.24, 2.45) is 0 Å². The first-order chi connectivity index (χ1) is 16.5. The summed E-state index contributed by atoms with van der Waals surface area (Å²) in [5.74, 6) is 2.71. The van der Waals surface area contributed by atoms with Gasteiger partial charge in [0.05, 0.1) is 25.0 Å². The Kier molecular flexibility index (Phi) is 6.12. The third-order valence-electron chi connectivity index (χ3n) is 6.44. The van der Waals surface area contributed by atoms with Crippen molar-refractivity contribution >= 4 is 11.9 Å². The number of ether oxygens (including phenoxy) is 1. The Bertz CT molecular complexity index is 1160. The number of aromatic nitrogens is 5. The van der Waals surface area contributed by atoms with Gasteiger partial charge in [0, 0.05) is 31.4 Å². The van der Waals surface area contributed by atoms with Gasteiger partial charge in [0.1, 0.15) is 24.4 Å². The Morgan fingerprint density at radius 2 is 2.03 bits per heavy atom. The number of nitrogens with zero attached hydrogens (tertiary/aromatic N) is 7. The molecule has 1 amide bonds. The predicted octanol–water partition coefficient (Wildman–Crippen LogP) is 3.56. The zero-order valence-corrected chi connectivity index (χ0v) is 19.4. The van der Waals surface area contributed by atoms with E-state index < -0.39 is 18.9 Å². The molecule has 5 rings (SSSR count). The summed E-state index contributed by atoms with van der Waals surface area (Å²) in [5.41, 5.74) is 3.06. The first-order valence-corrected chi connectivity index (χ1v) is 11.6. The van der Waals surface area contributed by atoms with Gasteiger partial charge >= 0.3 is 6.09 Å². The Hall–Kier alpha value is -3.56. The SMILES string of the molecule is Cc1ccc2c(c1)CN(C(=O)O[C@H](C)CF)Cc1nnc(C3CCN(c4cnccn4)CC3)n1-2. The highest BCUT2D eigenvalue weighted by Gasteiger charge is 2.32. The van der Waals surface area contributed by atoms with Crippen molar-refractivity contribution in [2.75, 3.05) is 24.7 Å². The molecule has 2 aliphatic heterocycles. The standard InChI is InChI=1S/C24H28FN7O2/c1-16-3-4-20-19(11-16)14-31(24(33)34-17(2)12-25)15-22-28-29-23(32(20)22)18-5-9-30(10-6-18)21-13-26-7-8-27-21/h3-4,7-8,11,13,17-18H,5-6,9-10,12,14-15H2,1-2H3/t17-/m1/s1. The molecular weight excluding hydrogens is 437 g/mol. The third kappa shape index (κ3) is 4.32. The molecule has 178 valence electrons. The third-order valence-corrected chi connectivity index (χ3v) is 6.44. The predicted molar refractivity (Wildman–Crippen MR) is 123 cm³/mol. The maximum absolute atomic E-state index is 12.9. The molecule has 2 aromatic heterocycles. The van der Waals surface area contributed by atoms with Gasteiger partial charge in [-0.2, -0.15) is 0 Å². The van der Waals surface area contributed by atoms with Crippen molar-refractivity contribution < 1.29 is 13.9 Å². The second-order valence-electron chi connectivity index (χ2n) is 8.97. The van der Waals surface area contributed by atoms with Crippen molar-refractivity contribution in [3.63, 3.8) is 0 Å². The van der Waals surface area contributed by atoms with Crippen LogP contribution in [0.3, 0.4) is 0 Å². The lowest BCUT2D eigenvalue weighted by molar-refractivity contribution is 0.0547. The first kappa shape index (κ1) is 22.2. The van der Waals surface area contributed by atoms with Crippen LogP contribution in [0, 0.1) is 6.92 Å². The van der Waals surface area contributed by atoms with E-state index in [-0.39, 0.29) is 12.5 Å². The van der Waals surface area contributed by atoms with E-state index in [1.807, 2.05) is 6.92 Å². The van der Waals surface area contributed by atoms with Crippen molar-refractivity contribution in [3.05, 3.63) is 59.6 Å². The van der Waals surface area contributed by atoms with Gasteiger partial charge < -0.3 is 9.64 Å². The molecule has 0 unspecified atom stereocenters. The van der Waals surface area contributed by atoms with Crippen LogP contribution in [-0.4, -0.2) is 61.6 Å². The minimum atomic E-state index is -0.791. The van der Waals surface area contributed by atoms with Crippen LogP contribution in [0.25, 0.3) is 5.69 Å². The minimum absolute atomic E-state index is 0.230. The maximum Gasteiger partial charge on any atom is 0.410 e. The Labute approximate surface area is 197 Å². The fourth-order valence-electron chi connectivity index (χ4n) is 4.68. The molecule has 1 saturated heterocycles. The van der Waals surface area contributed by atoms with Gasteiger partial charge in [0.15, 0.2) is 5.82 Å². The zero-order valence-electron chi connectivity index (χ0n) is 19.4. The number of benzene rings is 1. The van der Waals surface area contributed by atoms with E-state index in [1.54, 1.807) is 30.4 Å². The zero-order chi connectivity index (χ0) is 23.7. The molecule has 1 fully saturated rings. The van der Waals surface area contributed by atoms with Gasteiger partial charge in [-0.25, -0.2) is 14.2 Å². The maximum atomic E-state index is 12.9. The van der Waals surface area contributed by atoms with Crippen LogP contribution in [0.4, 0.5) is 15.0 Å². The number of aryl methyl sites for hydroxylation is 1. The highest BCUT2D eigenvalue weighted by atomic mass is 19.1. The number of hydrogen-bond acceptors (Lipinski definition) is 7. The van der Waals surface area contributed by atoms with Gasteiger partial charge in [0.2, 0.25) is 0 Å². The van der Waals surface area contributed by atoms with E-state index in [2.05, 4.69) is 47.8 Å². The monoisotopic (exact) mass is 465 g/mol. The summed E-state index contributed by atoms with van der Waals surface area (Å²) >= 11 is 0. The van der Waals surface area contributed by atoms with Crippen LogP contribution in [0.5, 0.6) is 0 Å². The molecule has 34 heavy (non-hydrogen) atoms. The lowest BCUT2D eigenvalue weighted by Gasteiger charge is -2.32. The summed E-state index contributed by atoms with van der Waals surface area (Å²) in [6, 6.07) is 6.20. The summed E-state index contributed by atoms with van der Waals surface area (Å²) in [4.78, 5) is 25.2. The molecule has 3 aromatic rings. The number of rotatable bonds is 4. The number of halogens is 1. The average molecular weight is 466 g/mol. The normalized spacial score (nSPS) is 17.0. The van der Waals surface area contributed by atoms with E-state index >= 15 is 0 Å². The summed E-state index contributed by atoms with van der Waals surface area (Å²) in [5, 5.41) is 9.06. The number of anilines is 1. The van der Waals surface area contributed by atoms with Crippen LogP contribution in [0.2, 0.25) is 0 Å². The molecule has 4 heterocycles. The van der Waals surface area contributed by atoms with Gasteiger partial charge in [-0.15, -0.1) is 10.2 Å². The Balaban J connectivity index is 1.43. The van der Waals surface area contributed by atoms with Crippen molar-refractivity contribution in [3.8, 4) is 5.69 Å². The lowest BCUT2D eigenvalue weighted by atomic mass is 9.95. The molecule has 9 nitrogen and oxygen atoms in total. The van der Waals surface area contributed by atoms with E-state index in [0.717, 1.165) is 54.4 Å². The largest absolute Gasteiger partial charge is 0.444 e. The molecule has 10 heteroatoms. The molecule has 0 N–H and O–H groups in total. The van der Waals surface area contributed by atoms with Crippen LogP contribution in [-0.2, 0) is 17.8 Å². The van der Waals surface area contributed by atoms with Crippen LogP contribution in [0.1, 0.15) is 48.5 Å². The van der Waals surface area contributed by atoms with Crippen LogP contribution in [0.15, 0.2) is 36.8 Å². The molecule has 2 aliphatic rings. The fourth-order valence-corrected chi connectivity index (χ4v) is 4.68. The Morgan fingerprint density at radius 1 is 1.21 bits per heavy atom. The van der Waals surface area contributed by atoms with Gasteiger partial charge in [0.25, 0.3) is 0 Å². The fraction of sp³-hybridized carbons (Fsp3) is 0.458. The average Bonchev–Trinajstić information content (AvgIpc) is 3.20. The molecule has 0 spiro atoms. The number of piperidine rings is 1. The van der Waals surface area contributed by atoms with Crippen LogP contribution < -0.4 is 4.90 Å². The van der Waals surface area contributed by atoms with Gasteiger partial charge in [-0.05, 0) is 38.3 Å². The smallest absolute Gasteiger partial charge is 0.410 e. The second kappa shape index (κ2) is 9.36. The van der Waals surface area contributed by atoms with Crippen molar-refractivity contribution in [1.82, 2.24) is 29.6 Å². The number of amides is 1. The molecule has 0 saturated carbocycles. The number of hydrogen-bond donors (Lipinski definition) is 0. The van der Waals surface area contributed by atoms with Crippen LogP contribution >= 0.6 is 0 Å². The molecule has 0 aliphatic carbocycles. The number of carbonyl (C=O) groups excluding carboxylic acids is 1. The van der Waals surface area contributed by atoms with E-state index in [1.165, 1.54) is 0 Å². The highest BCUT2D eigenvalue weighted by molar-refractivity contribution is 5.68. The lowest BCUT2D eigenvalue weighted by Crippen LogP contribution is -2.34. The van der Waals surface area contributed by atoms with E-state index in [4.69, 9.17) is 4.74 Å². The van der Waals surface area contributed by atoms with E-state index in [9.17, 15) is 9.18 Å². The molecule has 1 aromatic carbocycles. The van der Waals surface area contributed by atoms with Crippen molar-refractivity contribution in [2.45, 2.75) is 51.8 Å². The topological polar surface area (TPSA) is 89.3 Å². The summed E-state index contributed by atoms with van der Waals surface area (Å²) in [6.07, 6.45) is 5.67.